The second kappa shape index (κ2) is 6.05. The molecule has 1 saturated heterocycles. The Balaban J connectivity index is 1.99. The van der Waals surface area contributed by atoms with Crippen LogP contribution in [-0.2, 0) is 6.42 Å². The molecule has 0 spiro atoms. The summed E-state index contributed by atoms with van der Waals surface area (Å²) in [4.78, 5) is 14.2. The van der Waals surface area contributed by atoms with Crippen LogP contribution < -0.4 is 5.73 Å². The van der Waals surface area contributed by atoms with Crippen LogP contribution in [0.2, 0.25) is 0 Å². The maximum Gasteiger partial charge on any atom is 0.289 e. The van der Waals surface area contributed by atoms with Gasteiger partial charge < -0.3 is 15.1 Å². The third kappa shape index (κ3) is 2.93. The molecule has 1 aliphatic rings. The number of rotatable bonds is 4. The summed E-state index contributed by atoms with van der Waals surface area (Å²) in [5.74, 6) is 1.92. The molecule has 18 heavy (non-hydrogen) atoms. The maximum absolute atomic E-state index is 12.3. The van der Waals surface area contributed by atoms with E-state index in [0.29, 0.717) is 18.2 Å². The Morgan fingerprint density at radius 3 is 3.06 bits per heavy atom. The lowest BCUT2D eigenvalue weighted by Gasteiger charge is -2.32. The first-order chi connectivity index (χ1) is 8.74. The van der Waals surface area contributed by atoms with Crippen molar-refractivity contribution in [3.8, 4) is 0 Å². The summed E-state index contributed by atoms with van der Waals surface area (Å²) in [6, 6.07) is 3.67. The van der Waals surface area contributed by atoms with Gasteiger partial charge in [-0.1, -0.05) is 6.92 Å². The molecule has 0 bridgehead atoms. The molecule has 100 valence electrons. The van der Waals surface area contributed by atoms with Gasteiger partial charge in [0.2, 0.25) is 0 Å². The van der Waals surface area contributed by atoms with Gasteiger partial charge in [0.15, 0.2) is 5.76 Å². The van der Waals surface area contributed by atoms with Gasteiger partial charge in [-0.05, 0) is 43.9 Å². The van der Waals surface area contributed by atoms with Gasteiger partial charge in [0.25, 0.3) is 5.91 Å². The number of carbonyl (C=O) groups excluding carboxylic acids is 1. The Hall–Kier alpha value is -1.29. The van der Waals surface area contributed by atoms with Crippen LogP contribution in [0.15, 0.2) is 16.5 Å². The van der Waals surface area contributed by atoms with Crippen molar-refractivity contribution in [2.75, 3.05) is 19.6 Å². The average molecular weight is 250 g/mol. The van der Waals surface area contributed by atoms with Gasteiger partial charge in [0.05, 0.1) is 0 Å². The van der Waals surface area contributed by atoms with Crippen molar-refractivity contribution >= 4 is 5.91 Å². The second-order valence-corrected chi connectivity index (χ2v) is 4.96. The fourth-order valence-corrected chi connectivity index (χ4v) is 2.56. The SMILES string of the molecule is CCc1ccc(C(=O)N2CCCC(CCN)C2)o1. The first-order valence-corrected chi connectivity index (χ1v) is 6.82. The van der Waals surface area contributed by atoms with Crippen molar-refractivity contribution in [2.45, 2.75) is 32.6 Å². The molecule has 1 unspecified atom stereocenters. The Bertz CT molecular complexity index is 398. The normalized spacial score (nSPS) is 20.1. The fraction of sp³-hybridized carbons (Fsp3) is 0.643. The topological polar surface area (TPSA) is 59.5 Å². The Morgan fingerprint density at radius 1 is 1.56 bits per heavy atom. The van der Waals surface area contributed by atoms with E-state index in [1.807, 2.05) is 17.9 Å². The van der Waals surface area contributed by atoms with E-state index in [0.717, 1.165) is 38.1 Å². The second-order valence-electron chi connectivity index (χ2n) is 4.96. The summed E-state index contributed by atoms with van der Waals surface area (Å²) in [6.07, 6.45) is 4.07. The molecule has 0 saturated carbocycles. The Kier molecular flexibility index (Phi) is 4.42. The molecule has 1 aromatic rings. The minimum atomic E-state index is 0.0245. The summed E-state index contributed by atoms with van der Waals surface area (Å²) in [5.41, 5.74) is 5.59. The van der Waals surface area contributed by atoms with Gasteiger partial charge in [-0.15, -0.1) is 0 Å². The van der Waals surface area contributed by atoms with Gasteiger partial charge >= 0.3 is 0 Å². The standard InChI is InChI=1S/C14H22N2O2/c1-2-12-5-6-13(18-12)14(17)16-9-3-4-11(10-16)7-8-15/h5-6,11H,2-4,7-10,15H2,1H3. The van der Waals surface area contributed by atoms with Gasteiger partial charge in [0.1, 0.15) is 5.76 Å². The number of piperidine rings is 1. The van der Waals surface area contributed by atoms with Crippen molar-refractivity contribution in [1.82, 2.24) is 4.90 Å². The van der Waals surface area contributed by atoms with Crippen LogP contribution >= 0.6 is 0 Å². The van der Waals surface area contributed by atoms with E-state index in [2.05, 4.69) is 0 Å². The van der Waals surface area contributed by atoms with Gasteiger partial charge in [-0.25, -0.2) is 0 Å². The number of nitrogens with zero attached hydrogens (tertiary/aromatic N) is 1. The summed E-state index contributed by atoms with van der Waals surface area (Å²) >= 11 is 0. The molecular weight excluding hydrogens is 228 g/mol. The number of carbonyl (C=O) groups is 1. The molecule has 1 aliphatic heterocycles. The number of aryl methyl sites for hydroxylation is 1. The highest BCUT2D eigenvalue weighted by atomic mass is 16.4. The van der Waals surface area contributed by atoms with E-state index in [-0.39, 0.29) is 5.91 Å². The van der Waals surface area contributed by atoms with Crippen LogP contribution in [0, 0.1) is 5.92 Å². The zero-order chi connectivity index (χ0) is 13.0. The Labute approximate surface area is 108 Å². The van der Waals surface area contributed by atoms with E-state index in [4.69, 9.17) is 10.2 Å². The largest absolute Gasteiger partial charge is 0.456 e. The number of amides is 1. The van der Waals surface area contributed by atoms with Gasteiger partial charge in [0, 0.05) is 19.5 Å². The van der Waals surface area contributed by atoms with E-state index in [1.54, 1.807) is 6.07 Å². The molecule has 1 atom stereocenters. The summed E-state index contributed by atoms with van der Waals surface area (Å²) in [7, 11) is 0. The molecule has 0 aromatic carbocycles. The number of nitrogens with two attached hydrogens (primary N) is 1. The highest BCUT2D eigenvalue weighted by molar-refractivity contribution is 5.91. The van der Waals surface area contributed by atoms with Crippen molar-refractivity contribution in [2.24, 2.45) is 11.7 Å². The molecule has 1 aromatic heterocycles. The number of likely N-dealkylation sites (tertiary alicyclic amines) is 1. The monoisotopic (exact) mass is 250 g/mol. The molecule has 4 nitrogen and oxygen atoms in total. The van der Waals surface area contributed by atoms with E-state index in [9.17, 15) is 4.79 Å². The molecule has 2 heterocycles. The lowest BCUT2D eigenvalue weighted by molar-refractivity contribution is 0.0636. The zero-order valence-corrected chi connectivity index (χ0v) is 11.0. The van der Waals surface area contributed by atoms with Crippen LogP contribution in [-0.4, -0.2) is 30.4 Å². The van der Waals surface area contributed by atoms with Crippen LogP contribution in [0.1, 0.15) is 42.5 Å². The number of hydrogen-bond donors (Lipinski definition) is 1. The van der Waals surface area contributed by atoms with Crippen LogP contribution in [0.5, 0.6) is 0 Å². The third-order valence-corrected chi connectivity index (χ3v) is 3.60. The molecule has 2 rings (SSSR count). The van der Waals surface area contributed by atoms with E-state index in [1.165, 1.54) is 6.42 Å². The molecule has 2 N–H and O–H groups in total. The Morgan fingerprint density at radius 2 is 2.39 bits per heavy atom. The highest BCUT2D eigenvalue weighted by Crippen LogP contribution is 2.21. The van der Waals surface area contributed by atoms with Crippen LogP contribution in [0.3, 0.4) is 0 Å². The molecule has 1 fully saturated rings. The van der Waals surface area contributed by atoms with Gasteiger partial charge in [-0.3, -0.25) is 4.79 Å². The maximum atomic E-state index is 12.3. The summed E-state index contributed by atoms with van der Waals surface area (Å²) < 4.78 is 5.53. The molecule has 0 aliphatic carbocycles. The number of furan rings is 1. The molecule has 4 heteroatoms. The van der Waals surface area contributed by atoms with Crippen LogP contribution in [0.25, 0.3) is 0 Å². The first kappa shape index (κ1) is 13.1. The molecule has 1 amide bonds. The minimum absolute atomic E-state index is 0.0245. The lowest BCUT2D eigenvalue weighted by Crippen LogP contribution is -2.40. The molecular formula is C14H22N2O2. The fourth-order valence-electron chi connectivity index (χ4n) is 2.56. The minimum Gasteiger partial charge on any atom is -0.456 e. The summed E-state index contributed by atoms with van der Waals surface area (Å²) in [6.45, 7) is 4.37. The molecule has 0 radical (unpaired) electrons. The number of hydrogen-bond acceptors (Lipinski definition) is 3. The van der Waals surface area contributed by atoms with Crippen molar-refractivity contribution in [3.63, 3.8) is 0 Å². The zero-order valence-electron chi connectivity index (χ0n) is 11.0. The van der Waals surface area contributed by atoms with Gasteiger partial charge in [-0.2, -0.15) is 0 Å². The third-order valence-electron chi connectivity index (χ3n) is 3.60. The quantitative estimate of drug-likeness (QED) is 0.889. The van der Waals surface area contributed by atoms with Crippen molar-refractivity contribution < 1.29 is 9.21 Å². The smallest absolute Gasteiger partial charge is 0.289 e. The average Bonchev–Trinajstić information content (AvgIpc) is 2.87. The first-order valence-electron chi connectivity index (χ1n) is 6.82. The van der Waals surface area contributed by atoms with E-state index < -0.39 is 0 Å². The predicted octanol–water partition coefficient (Wildman–Crippen LogP) is 2.04. The highest BCUT2D eigenvalue weighted by Gasteiger charge is 2.25. The van der Waals surface area contributed by atoms with E-state index >= 15 is 0 Å². The van der Waals surface area contributed by atoms with Crippen LogP contribution in [0.4, 0.5) is 0 Å². The van der Waals surface area contributed by atoms with Crippen molar-refractivity contribution in [1.29, 1.82) is 0 Å². The summed E-state index contributed by atoms with van der Waals surface area (Å²) in [5, 5.41) is 0. The lowest BCUT2D eigenvalue weighted by atomic mass is 9.95. The predicted molar refractivity (Wildman–Crippen MR) is 70.4 cm³/mol. The van der Waals surface area contributed by atoms with Crippen molar-refractivity contribution in [3.05, 3.63) is 23.7 Å².